The molecule has 1 unspecified atom stereocenters. The molecule has 0 heterocycles. The fraction of sp³-hybridized carbons (Fsp3) is 0.571. The molecule has 0 spiro atoms. The number of nitrogens with zero attached hydrogens (tertiary/aromatic N) is 1. The minimum absolute atomic E-state index is 0.131. The van der Waals surface area contributed by atoms with Gasteiger partial charge in [0.2, 0.25) is 10.0 Å². The molecule has 6 heteroatoms. The predicted octanol–water partition coefficient (Wildman–Crippen LogP) is 1.74. The summed E-state index contributed by atoms with van der Waals surface area (Å²) in [6.45, 7) is 6.38. The molecule has 0 radical (unpaired) electrons. The largest absolute Gasteiger partial charge is 0.382 e. The van der Waals surface area contributed by atoms with Crippen LogP contribution in [0.1, 0.15) is 20.8 Å². The third-order valence-electron chi connectivity index (χ3n) is 3.04. The summed E-state index contributed by atoms with van der Waals surface area (Å²) in [7, 11) is 0.506. The van der Waals surface area contributed by atoms with E-state index in [1.807, 2.05) is 34.0 Å². The molecule has 5 nitrogen and oxygen atoms in total. The van der Waals surface area contributed by atoms with Crippen molar-refractivity contribution in [3.63, 3.8) is 0 Å². The minimum atomic E-state index is -3.48. The SMILES string of the molecule is CC(C)NS(=O)(=O)c1ccccc1NCC(C)N(C)C. The maximum atomic E-state index is 12.3. The van der Waals surface area contributed by atoms with Gasteiger partial charge in [-0.05, 0) is 47.0 Å². The Balaban J connectivity index is 2.94. The van der Waals surface area contributed by atoms with Crippen LogP contribution in [-0.4, -0.2) is 46.0 Å². The predicted molar refractivity (Wildman–Crippen MR) is 83.5 cm³/mol. The van der Waals surface area contributed by atoms with E-state index >= 15 is 0 Å². The van der Waals surface area contributed by atoms with Crippen LogP contribution >= 0.6 is 0 Å². The van der Waals surface area contributed by atoms with Gasteiger partial charge >= 0.3 is 0 Å². The molecule has 0 aliphatic rings. The monoisotopic (exact) mass is 299 g/mol. The van der Waals surface area contributed by atoms with Crippen LogP contribution < -0.4 is 10.0 Å². The molecule has 0 aliphatic carbocycles. The van der Waals surface area contributed by atoms with Gasteiger partial charge in [0.05, 0.1) is 5.69 Å². The standard InChI is InChI=1S/C14H25N3O2S/c1-11(2)16-20(18,19)14-9-7-6-8-13(14)15-10-12(3)17(4)5/h6-9,11-12,15-16H,10H2,1-5H3. The van der Waals surface area contributed by atoms with Gasteiger partial charge in [-0.2, -0.15) is 0 Å². The highest BCUT2D eigenvalue weighted by Crippen LogP contribution is 2.21. The Morgan fingerprint density at radius 3 is 2.30 bits per heavy atom. The van der Waals surface area contributed by atoms with Gasteiger partial charge in [-0.3, -0.25) is 0 Å². The first-order valence-corrected chi connectivity index (χ1v) is 8.24. The summed E-state index contributed by atoms with van der Waals surface area (Å²) in [6, 6.07) is 7.15. The van der Waals surface area contributed by atoms with E-state index in [1.165, 1.54) is 0 Å². The molecule has 0 bridgehead atoms. The van der Waals surface area contributed by atoms with Crippen molar-refractivity contribution >= 4 is 15.7 Å². The van der Waals surface area contributed by atoms with Crippen LogP contribution in [0.2, 0.25) is 0 Å². The second kappa shape index (κ2) is 7.06. The molecule has 0 aliphatic heterocycles. The lowest BCUT2D eigenvalue weighted by molar-refractivity contribution is 0.326. The molecule has 0 aromatic heterocycles. The second-order valence-corrected chi connectivity index (χ2v) is 7.15. The molecule has 0 saturated heterocycles. The number of rotatable bonds is 7. The third-order valence-corrected chi connectivity index (χ3v) is 4.75. The van der Waals surface area contributed by atoms with Crippen molar-refractivity contribution in [2.75, 3.05) is 26.0 Å². The summed E-state index contributed by atoms with van der Waals surface area (Å²) in [5.41, 5.74) is 0.634. The van der Waals surface area contributed by atoms with Gasteiger partial charge in [-0.15, -0.1) is 0 Å². The van der Waals surface area contributed by atoms with Crippen LogP contribution in [0.5, 0.6) is 0 Å². The van der Waals surface area contributed by atoms with E-state index in [9.17, 15) is 8.42 Å². The second-order valence-electron chi connectivity index (χ2n) is 5.47. The average Bonchev–Trinajstić information content (AvgIpc) is 2.34. The first-order valence-electron chi connectivity index (χ1n) is 6.75. The summed E-state index contributed by atoms with van der Waals surface area (Å²) in [4.78, 5) is 2.37. The van der Waals surface area contributed by atoms with E-state index in [1.54, 1.807) is 18.2 Å². The van der Waals surface area contributed by atoms with Crippen LogP contribution in [-0.2, 0) is 10.0 Å². The zero-order chi connectivity index (χ0) is 15.3. The van der Waals surface area contributed by atoms with Gasteiger partial charge in [0.25, 0.3) is 0 Å². The summed E-state index contributed by atoms with van der Waals surface area (Å²) >= 11 is 0. The van der Waals surface area contributed by atoms with E-state index in [2.05, 4.69) is 21.9 Å². The smallest absolute Gasteiger partial charge is 0.242 e. The number of likely N-dealkylation sites (N-methyl/N-ethyl adjacent to an activating group) is 1. The number of hydrogen-bond acceptors (Lipinski definition) is 4. The lowest BCUT2D eigenvalue weighted by Gasteiger charge is -2.22. The quantitative estimate of drug-likeness (QED) is 0.805. The van der Waals surface area contributed by atoms with Gasteiger partial charge in [0.1, 0.15) is 4.90 Å². The molecular formula is C14H25N3O2S. The summed E-state index contributed by atoms with van der Waals surface area (Å²) < 4.78 is 27.2. The summed E-state index contributed by atoms with van der Waals surface area (Å²) in [5.74, 6) is 0. The normalized spacial score (nSPS) is 13.8. The number of benzene rings is 1. The number of nitrogens with one attached hydrogen (secondary N) is 2. The van der Waals surface area contributed by atoms with Crippen molar-refractivity contribution in [1.29, 1.82) is 0 Å². The van der Waals surface area contributed by atoms with Crippen LogP contribution in [0.15, 0.2) is 29.2 Å². The third kappa shape index (κ3) is 4.77. The highest BCUT2D eigenvalue weighted by atomic mass is 32.2. The molecule has 1 atom stereocenters. The molecule has 114 valence electrons. The topological polar surface area (TPSA) is 61.4 Å². The highest BCUT2D eigenvalue weighted by molar-refractivity contribution is 7.89. The van der Waals surface area contributed by atoms with Crippen LogP contribution in [0, 0.1) is 0 Å². The Labute approximate surface area is 122 Å². The maximum Gasteiger partial charge on any atom is 0.242 e. The molecule has 1 aromatic rings. The van der Waals surface area contributed by atoms with E-state index in [0.717, 1.165) is 0 Å². The van der Waals surface area contributed by atoms with Gasteiger partial charge in [-0.1, -0.05) is 12.1 Å². The molecular weight excluding hydrogens is 274 g/mol. The Morgan fingerprint density at radius 2 is 1.75 bits per heavy atom. The van der Waals surface area contributed by atoms with Gasteiger partial charge in [0, 0.05) is 18.6 Å². The zero-order valence-electron chi connectivity index (χ0n) is 12.8. The van der Waals surface area contributed by atoms with Crippen molar-refractivity contribution in [2.45, 2.75) is 37.8 Å². The fourth-order valence-corrected chi connectivity index (χ4v) is 3.10. The Bertz CT molecular complexity index is 527. The Kier molecular flexibility index (Phi) is 5.98. The Hall–Kier alpha value is -1.11. The van der Waals surface area contributed by atoms with Gasteiger partial charge in [-0.25, -0.2) is 13.1 Å². The average molecular weight is 299 g/mol. The van der Waals surface area contributed by atoms with Crippen molar-refractivity contribution in [3.05, 3.63) is 24.3 Å². The van der Waals surface area contributed by atoms with Crippen molar-refractivity contribution < 1.29 is 8.42 Å². The molecule has 0 amide bonds. The van der Waals surface area contributed by atoms with Crippen molar-refractivity contribution in [3.8, 4) is 0 Å². The van der Waals surface area contributed by atoms with E-state index in [0.29, 0.717) is 23.2 Å². The first-order chi connectivity index (χ1) is 9.24. The molecule has 0 fully saturated rings. The van der Waals surface area contributed by atoms with Gasteiger partial charge in [0.15, 0.2) is 0 Å². The first kappa shape index (κ1) is 16.9. The number of para-hydroxylation sites is 1. The number of sulfonamides is 1. The molecule has 2 N–H and O–H groups in total. The zero-order valence-corrected chi connectivity index (χ0v) is 13.7. The molecule has 1 rings (SSSR count). The van der Waals surface area contributed by atoms with E-state index in [4.69, 9.17) is 0 Å². The number of anilines is 1. The summed E-state index contributed by atoms with van der Waals surface area (Å²) in [5, 5.41) is 3.21. The summed E-state index contributed by atoms with van der Waals surface area (Å²) in [6.07, 6.45) is 0. The van der Waals surface area contributed by atoms with Gasteiger partial charge < -0.3 is 10.2 Å². The molecule has 20 heavy (non-hydrogen) atoms. The highest BCUT2D eigenvalue weighted by Gasteiger charge is 2.19. The minimum Gasteiger partial charge on any atom is -0.382 e. The lowest BCUT2D eigenvalue weighted by Crippen LogP contribution is -2.33. The van der Waals surface area contributed by atoms with Crippen LogP contribution in [0.3, 0.4) is 0 Å². The number of hydrogen-bond donors (Lipinski definition) is 2. The van der Waals surface area contributed by atoms with Crippen molar-refractivity contribution in [1.82, 2.24) is 9.62 Å². The van der Waals surface area contributed by atoms with E-state index < -0.39 is 10.0 Å². The van der Waals surface area contributed by atoms with Crippen molar-refractivity contribution in [2.24, 2.45) is 0 Å². The van der Waals surface area contributed by atoms with Crippen LogP contribution in [0.4, 0.5) is 5.69 Å². The molecule has 0 saturated carbocycles. The van der Waals surface area contributed by atoms with E-state index in [-0.39, 0.29) is 6.04 Å². The molecule has 1 aromatic carbocycles. The fourth-order valence-electron chi connectivity index (χ4n) is 1.66. The maximum absolute atomic E-state index is 12.3. The lowest BCUT2D eigenvalue weighted by atomic mass is 10.2. The Morgan fingerprint density at radius 1 is 1.15 bits per heavy atom. The van der Waals surface area contributed by atoms with Crippen LogP contribution in [0.25, 0.3) is 0 Å².